The van der Waals surface area contributed by atoms with Crippen LogP contribution in [0.2, 0.25) is 0 Å². The Morgan fingerprint density at radius 2 is 1.73 bits per heavy atom. The van der Waals surface area contributed by atoms with Crippen LogP contribution in [0.25, 0.3) is 0 Å². The molecule has 2 aromatic carbocycles. The number of carbonyl (C=O) groups is 1. The molecular formula is C22H30N4O3S. The van der Waals surface area contributed by atoms with E-state index in [9.17, 15) is 13.2 Å². The Morgan fingerprint density at radius 3 is 2.37 bits per heavy atom. The van der Waals surface area contributed by atoms with Crippen molar-refractivity contribution >= 4 is 21.7 Å². The molecule has 0 heterocycles. The minimum absolute atomic E-state index is 0.108. The highest BCUT2D eigenvalue weighted by molar-refractivity contribution is 7.90. The molecule has 0 bridgehead atoms. The van der Waals surface area contributed by atoms with Crippen molar-refractivity contribution < 1.29 is 13.2 Å². The van der Waals surface area contributed by atoms with Gasteiger partial charge in [0.25, 0.3) is 5.91 Å². The summed E-state index contributed by atoms with van der Waals surface area (Å²) in [5.41, 5.74) is 3.32. The molecule has 30 heavy (non-hydrogen) atoms. The molecule has 0 aliphatic heterocycles. The SMILES string of the molecule is CCNC(=NCc1ccc(S(C)(=O)=O)c(C)c1)NCCNC(=O)c1cccc(C)c1. The molecule has 0 aliphatic carbocycles. The fourth-order valence-corrected chi connectivity index (χ4v) is 3.94. The zero-order valence-electron chi connectivity index (χ0n) is 18.0. The van der Waals surface area contributed by atoms with Crippen molar-refractivity contribution in [3.8, 4) is 0 Å². The number of sulfone groups is 1. The van der Waals surface area contributed by atoms with Gasteiger partial charge in [0.1, 0.15) is 0 Å². The fraction of sp³-hybridized carbons (Fsp3) is 0.364. The zero-order valence-corrected chi connectivity index (χ0v) is 18.8. The third-order valence-corrected chi connectivity index (χ3v) is 5.64. The summed E-state index contributed by atoms with van der Waals surface area (Å²) in [5, 5.41) is 9.23. The Balaban J connectivity index is 1.90. The molecule has 0 saturated heterocycles. The van der Waals surface area contributed by atoms with Gasteiger partial charge in [-0.15, -0.1) is 0 Å². The molecule has 1 amide bonds. The van der Waals surface area contributed by atoms with Crippen molar-refractivity contribution in [3.63, 3.8) is 0 Å². The number of nitrogens with one attached hydrogen (secondary N) is 3. The van der Waals surface area contributed by atoms with Gasteiger partial charge in [-0.2, -0.15) is 0 Å². The minimum Gasteiger partial charge on any atom is -0.357 e. The molecule has 0 spiro atoms. The molecule has 0 saturated carbocycles. The first-order chi connectivity index (χ1) is 14.2. The summed E-state index contributed by atoms with van der Waals surface area (Å²) in [6.07, 6.45) is 1.21. The molecule has 0 atom stereocenters. The highest BCUT2D eigenvalue weighted by Gasteiger charge is 2.11. The normalized spacial score (nSPS) is 11.8. The molecule has 7 nitrogen and oxygen atoms in total. The van der Waals surface area contributed by atoms with Gasteiger partial charge in [-0.05, 0) is 50.1 Å². The molecule has 0 unspecified atom stereocenters. The second-order valence-corrected chi connectivity index (χ2v) is 9.10. The lowest BCUT2D eigenvalue weighted by Gasteiger charge is -2.12. The van der Waals surface area contributed by atoms with Crippen molar-refractivity contribution in [2.75, 3.05) is 25.9 Å². The van der Waals surface area contributed by atoms with E-state index < -0.39 is 9.84 Å². The Kier molecular flexibility index (Phi) is 8.41. The van der Waals surface area contributed by atoms with Crippen molar-refractivity contribution in [1.82, 2.24) is 16.0 Å². The number of aliphatic imine (C=N–C) groups is 1. The van der Waals surface area contributed by atoms with Gasteiger partial charge >= 0.3 is 0 Å². The van der Waals surface area contributed by atoms with Gasteiger partial charge in [0.15, 0.2) is 15.8 Å². The highest BCUT2D eigenvalue weighted by atomic mass is 32.2. The van der Waals surface area contributed by atoms with Gasteiger partial charge in [-0.25, -0.2) is 13.4 Å². The van der Waals surface area contributed by atoms with Crippen LogP contribution in [0.4, 0.5) is 0 Å². The molecule has 3 N–H and O–H groups in total. The van der Waals surface area contributed by atoms with E-state index in [4.69, 9.17) is 0 Å². The van der Waals surface area contributed by atoms with Gasteiger partial charge in [0, 0.05) is 31.5 Å². The fourth-order valence-electron chi connectivity index (χ4n) is 2.98. The molecular weight excluding hydrogens is 400 g/mol. The van der Waals surface area contributed by atoms with Gasteiger partial charge in [-0.3, -0.25) is 4.79 Å². The van der Waals surface area contributed by atoms with Crippen LogP contribution in [0.5, 0.6) is 0 Å². The first kappa shape index (κ1) is 23.4. The maximum atomic E-state index is 12.2. The monoisotopic (exact) mass is 430 g/mol. The summed E-state index contributed by atoms with van der Waals surface area (Å²) in [7, 11) is -3.23. The van der Waals surface area contributed by atoms with E-state index in [2.05, 4.69) is 20.9 Å². The molecule has 0 radical (unpaired) electrons. The molecule has 2 aromatic rings. The van der Waals surface area contributed by atoms with E-state index in [1.54, 1.807) is 25.1 Å². The quantitative estimate of drug-likeness (QED) is 0.339. The summed E-state index contributed by atoms with van der Waals surface area (Å²) in [5.74, 6) is 0.524. The number of hydrogen-bond donors (Lipinski definition) is 3. The zero-order chi connectivity index (χ0) is 22.1. The molecule has 8 heteroatoms. The first-order valence-corrected chi connectivity index (χ1v) is 11.8. The van der Waals surface area contributed by atoms with Crippen LogP contribution in [-0.2, 0) is 16.4 Å². The summed E-state index contributed by atoms with van der Waals surface area (Å²) in [6, 6.07) is 12.7. The van der Waals surface area contributed by atoms with Crippen molar-refractivity contribution in [3.05, 3.63) is 64.7 Å². The summed E-state index contributed by atoms with van der Waals surface area (Å²) in [4.78, 5) is 17.1. The van der Waals surface area contributed by atoms with E-state index in [0.717, 1.165) is 11.1 Å². The number of guanidine groups is 1. The van der Waals surface area contributed by atoms with Gasteiger partial charge in [-0.1, -0.05) is 29.8 Å². The second-order valence-electron chi connectivity index (χ2n) is 7.12. The number of hydrogen-bond acceptors (Lipinski definition) is 4. The molecule has 2 rings (SSSR count). The number of benzene rings is 2. The van der Waals surface area contributed by atoms with Crippen molar-refractivity contribution in [2.24, 2.45) is 4.99 Å². The Hall–Kier alpha value is -2.87. The standard InChI is InChI=1S/C22H30N4O3S/c1-5-23-22(25-12-11-24-21(27)19-8-6-7-16(2)13-19)26-15-18-9-10-20(17(3)14-18)30(4,28)29/h6-10,13-14H,5,11-12,15H2,1-4H3,(H,24,27)(H2,23,25,26). The lowest BCUT2D eigenvalue weighted by Crippen LogP contribution is -2.41. The maximum Gasteiger partial charge on any atom is 0.251 e. The van der Waals surface area contributed by atoms with Crippen molar-refractivity contribution in [2.45, 2.75) is 32.2 Å². The van der Waals surface area contributed by atoms with E-state index in [1.807, 2.05) is 38.1 Å². The molecule has 0 fully saturated rings. The van der Waals surface area contributed by atoms with Crippen LogP contribution < -0.4 is 16.0 Å². The largest absolute Gasteiger partial charge is 0.357 e. The Bertz CT molecular complexity index is 1020. The molecule has 0 aromatic heterocycles. The van der Waals surface area contributed by atoms with Crippen LogP contribution >= 0.6 is 0 Å². The molecule has 0 aliphatic rings. The average molecular weight is 431 g/mol. The Morgan fingerprint density at radius 1 is 1.00 bits per heavy atom. The van der Waals surface area contributed by atoms with Crippen LogP contribution in [0.1, 0.15) is 34.0 Å². The number of aryl methyl sites for hydroxylation is 2. The third kappa shape index (κ3) is 7.18. The summed E-state index contributed by atoms with van der Waals surface area (Å²) >= 11 is 0. The molecule has 162 valence electrons. The maximum absolute atomic E-state index is 12.2. The number of amides is 1. The predicted octanol–water partition coefficient (Wildman–Crippen LogP) is 2.19. The number of nitrogens with zero attached hydrogens (tertiary/aromatic N) is 1. The minimum atomic E-state index is -3.23. The van der Waals surface area contributed by atoms with Crippen molar-refractivity contribution in [1.29, 1.82) is 0 Å². The summed E-state index contributed by atoms with van der Waals surface area (Å²) < 4.78 is 23.5. The van der Waals surface area contributed by atoms with Gasteiger partial charge < -0.3 is 16.0 Å². The van der Waals surface area contributed by atoms with Crippen LogP contribution in [-0.4, -0.2) is 46.2 Å². The lowest BCUT2D eigenvalue weighted by atomic mass is 10.1. The van der Waals surface area contributed by atoms with Gasteiger partial charge in [0.2, 0.25) is 0 Å². The van der Waals surface area contributed by atoms with E-state index >= 15 is 0 Å². The number of rotatable bonds is 8. The second kappa shape index (κ2) is 10.8. The smallest absolute Gasteiger partial charge is 0.251 e. The first-order valence-electron chi connectivity index (χ1n) is 9.87. The third-order valence-electron chi connectivity index (χ3n) is 4.39. The highest BCUT2D eigenvalue weighted by Crippen LogP contribution is 2.17. The van der Waals surface area contributed by atoms with Crippen LogP contribution in [0.15, 0.2) is 52.4 Å². The average Bonchev–Trinajstić information content (AvgIpc) is 2.68. The topological polar surface area (TPSA) is 99.7 Å². The van der Waals surface area contributed by atoms with Crippen LogP contribution in [0, 0.1) is 13.8 Å². The van der Waals surface area contributed by atoms with Gasteiger partial charge in [0.05, 0.1) is 11.4 Å². The predicted molar refractivity (Wildman–Crippen MR) is 121 cm³/mol. The van der Waals surface area contributed by atoms with Crippen LogP contribution in [0.3, 0.4) is 0 Å². The van der Waals surface area contributed by atoms with E-state index in [1.165, 1.54) is 6.26 Å². The summed E-state index contributed by atoms with van der Waals surface area (Å²) in [6.45, 7) is 7.80. The van der Waals surface area contributed by atoms with E-state index in [0.29, 0.717) is 48.2 Å². The Labute approximate surface area is 178 Å². The number of carbonyl (C=O) groups excluding carboxylic acids is 1. The lowest BCUT2D eigenvalue weighted by molar-refractivity contribution is 0.0954. The van der Waals surface area contributed by atoms with E-state index in [-0.39, 0.29) is 5.91 Å².